The molecular formula is C21H41Cl2N3O2. The molecule has 3 rings (SSSR count). The van der Waals surface area contributed by atoms with Crippen molar-refractivity contribution in [1.29, 1.82) is 0 Å². The van der Waals surface area contributed by atoms with Crippen molar-refractivity contribution in [3.05, 3.63) is 0 Å². The number of amides is 1. The van der Waals surface area contributed by atoms with Gasteiger partial charge in [-0.15, -0.1) is 24.8 Å². The van der Waals surface area contributed by atoms with E-state index in [2.05, 4.69) is 10.2 Å². The first-order valence-corrected chi connectivity index (χ1v) is 10.9. The topological polar surface area (TPSA) is 67.6 Å². The minimum Gasteiger partial charge on any atom is -0.379 e. The summed E-state index contributed by atoms with van der Waals surface area (Å²) in [7, 11) is 0. The van der Waals surface area contributed by atoms with Gasteiger partial charge in [0.05, 0.1) is 13.2 Å². The minimum absolute atomic E-state index is 0. The molecule has 0 spiro atoms. The van der Waals surface area contributed by atoms with Crippen molar-refractivity contribution in [3.63, 3.8) is 0 Å². The van der Waals surface area contributed by atoms with Crippen LogP contribution in [0.3, 0.4) is 0 Å². The van der Waals surface area contributed by atoms with Gasteiger partial charge >= 0.3 is 0 Å². The maximum Gasteiger partial charge on any atom is 0.220 e. The number of hydrogen-bond acceptors (Lipinski definition) is 4. The van der Waals surface area contributed by atoms with Crippen molar-refractivity contribution < 1.29 is 9.53 Å². The number of nitrogens with zero attached hydrogens (tertiary/aromatic N) is 1. The summed E-state index contributed by atoms with van der Waals surface area (Å²) in [5, 5.41) is 3.34. The molecule has 0 unspecified atom stereocenters. The van der Waals surface area contributed by atoms with Crippen LogP contribution in [0.5, 0.6) is 0 Å². The van der Waals surface area contributed by atoms with E-state index in [-0.39, 0.29) is 41.6 Å². The summed E-state index contributed by atoms with van der Waals surface area (Å²) in [5.74, 6) is 0.226. The van der Waals surface area contributed by atoms with Crippen molar-refractivity contribution in [2.24, 2.45) is 16.6 Å². The van der Waals surface area contributed by atoms with E-state index in [1.54, 1.807) is 0 Å². The Morgan fingerprint density at radius 3 is 1.96 bits per heavy atom. The number of ether oxygens (including phenoxy) is 1. The van der Waals surface area contributed by atoms with Gasteiger partial charge in [-0.3, -0.25) is 9.69 Å². The molecule has 3 aliphatic rings. The Bertz CT molecular complexity index is 447. The molecule has 3 fully saturated rings. The lowest BCUT2D eigenvalue weighted by Gasteiger charge is -2.42. The van der Waals surface area contributed by atoms with E-state index in [0.29, 0.717) is 13.0 Å². The molecule has 1 saturated heterocycles. The molecule has 0 aromatic heterocycles. The summed E-state index contributed by atoms with van der Waals surface area (Å²) < 4.78 is 5.50. The highest BCUT2D eigenvalue weighted by Gasteiger charge is 2.36. The third kappa shape index (κ3) is 7.32. The van der Waals surface area contributed by atoms with E-state index in [9.17, 15) is 4.79 Å². The predicted molar refractivity (Wildman–Crippen MR) is 119 cm³/mol. The first kappa shape index (κ1) is 26.0. The number of hydrogen-bond donors (Lipinski definition) is 2. The lowest BCUT2D eigenvalue weighted by atomic mass is 9.71. The van der Waals surface area contributed by atoms with Crippen molar-refractivity contribution in [1.82, 2.24) is 10.2 Å². The Morgan fingerprint density at radius 1 is 0.893 bits per heavy atom. The van der Waals surface area contributed by atoms with Crippen LogP contribution in [-0.2, 0) is 9.53 Å². The first-order valence-electron chi connectivity index (χ1n) is 10.9. The summed E-state index contributed by atoms with van der Waals surface area (Å²) in [6, 6.07) is 0. The normalized spacial score (nSPS) is 24.5. The van der Waals surface area contributed by atoms with E-state index >= 15 is 0 Å². The van der Waals surface area contributed by atoms with Gasteiger partial charge in [0.2, 0.25) is 5.91 Å². The molecule has 0 aromatic carbocycles. The minimum atomic E-state index is 0. The van der Waals surface area contributed by atoms with Crippen molar-refractivity contribution in [2.45, 2.75) is 70.6 Å². The number of carbonyl (C=O) groups is 1. The highest BCUT2D eigenvalue weighted by molar-refractivity contribution is 5.85. The molecule has 2 saturated carbocycles. The molecule has 0 atom stereocenters. The van der Waals surface area contributed by atoms with Gasteiger partial charge < -0.3 is 15.8 Å². The average Bonchev–Trinajstić information content (AvgIpc) is 2.69. The van der Waals surface area contributed by atoms with Gasteiger partial charge in [-0.1, -0.05) is 38.5 Å². The van der Waals surface area contributed by atoms with E-state index in [0.717, 1.165) is 52.2 Å². The molecule has 28 heavy (non-hydrogen) atoms. The molecule has 3 N–H and O–H groups in total. The van der Waals surface area contributed by atoms with E-state index in [1.165, 1.54) is 51.4 Å². The fraction of sp³-hybridized carbons (Fsp3) is 0.952. The van der Waals surface area contributed by atoms with Crippen molar-refractivity contribution in [2.75, 3.05) is 45.9 Å². The summed E-state index contributed by atoms with van der Waals surface area (Å²) in [6.07, 6.45) is 13.0. The highest BCUT2D eigenvalue weighted by atomic mass is 35.5. The molecule has 166 valence electrons. The summed E-state index contributed by atoms with van der Waals surface area (Å²) in [4.78, 5) is 15.3. The fourth-order valence-electron chi connectivity index (χ4n) is 5.37. The Kier molecular flexibility index (Phi) is 11.7. The third-order valence-electron chi connectivity index (χ3n) is 7.12. The number of halogens is 2. The zero-order valence-corrected chi connectivity index (χ0v) is 19.0. The maximum atomic E-state index is 12.8. The Hall–Kier alpha value is -0.0700. The largest absolute Gasteiger partial charge is 0.379 e. The number of rotatable bonds is 7. The Morgan fingerprint density at radius 2 is 1.43 bits per heavy atom. The van der Waals surface area contributed by atoms with Gasteiger partial charge in [0.1, 0.15) is 0 Å². The lowest BCUT2D eigenvalue weighted by Crippen LogP contribution is -2.50. The van der Waals surface area contributed by atoms with Gasteiger partial charge in [-0.25, -0.2) is 0 Å². The van der Waals surface area contributed by atoms with Crippen LogP contribution < -0.4 is 11.1 Å². The Balaban J connectivity index is 0.00000196. The maximum absolute atomic E-state index is 12.8. The van der Waals surface area contributed by atoms with Crippen LogP contribution >= 0.6 is 24.8 Å². The molecule has 1 aliphatic heterocycles. The molecule has 0 radical (unpaired) electrons. The zero-order chi connectivity index (χ0) is 18.3. The second-order valence-electron chi connectivity index (χ2n) is 9.17. The van der Waals surface area contributed by atoms with Crippen LogP contribution in [0.2, 0.25) is 0 Å². The first-order chi connectivity index (χ1) is 12.7. The van der Waals surface area contributed by atoms with Crippen molar-refractivity contribution >= 4 is 30.7 Å². The molecule has 1 heterocycles. The average molecular weight is 438 g/mol. The van der Waals surface area contributed by atoms with E-state index < -0.39 is 0 Å². The lowest BCUT2D eigenvalue weighted by molar-refractivity contribution is -0.124. The number of carbonyl (C=O) groups excluding carboxylic acids is 1. The monoisotopic (exact) mass is 437 g/mol. The fourth-order valence-corrected chi connectivity index (χ4v) is 5.37. The van der Waals surface area contributed by atoms with Gasteiger partial charge in [-0.05, 0) is 37.6 Å². The van der Waals surface area contributed by atoms with Crippen LogP contribution in [-0.4, -0.2) is 56.7 Å². The second-order valence-corrected chi connectivity index (χ2v) is 9.17. The van der Waals surface area contributed by atoms with Gasteiger partial charge in [0.15, 0.2) is 0 Å². The van der Waals surface area contributed by atoms with Gasteiger partial charge in [-0.2, -0.15) is 0 Å². The molecule has 0 aromatic rings. The molecule has 2 aliphatic carbocycles. The SMILES string of the molecule is Cl.Cl.NCC1(CC(=O)NCC2(CN3CCOCC3)CCCCC2)CCCCC1. The quantitative estimate of drug-likeness (QED) is 0.638. The molecule has 7 heteroatoms. The molecular weight excluding hydrogens is 397 g/mol. The summed E-state index contributed by atoms with van der Waals surface area (Å²) in [6.45, 7) is 6.36. The predicted octanol–water partition coefficient (Wildman–Crippen LogP) is 3.53. The number of nitrogens with one attached hydrogen (secondary N) is 1. The summed E-state index contributed by atoms with van der Waals surface area (Å²) >= 11 is 0. The van der Waals surface area contributed by atoms with Gasteiger partial charge in [0, 0.05) is 38.0 Å². The number of morpholine rings is 1. The highest BCUT2D eigenvalue weighted by Crippen LogP contribution is 2.39. The second kappa shape index (κ2) is 12.6. The molecule has 5 nitrogen and oxygen atoms in total. The zero-order valence-electron chi connectivity index (χ0n) is 17.4. The molecule has 0 bridgehead atoms. The Labute approximate surface area is 183 Å². The van der Waals surface area contributed by atoms with Crippen LogP contribution in [0.15, 0.2) is 0 Å². The number of nitrogens with two attached hydrogens (primary N) is 1. The van der Waals surface area contributed by atoms with Crippen LogP contribution in [0, 0.1) is 10.8 Å². The smallest absolute Gasteiger partial charge is 0.220 e. The molecule has 1 amide bonds. The van der Waals surface area contributed by atoms with Gasteiger partial charge in [0.25, 0.3) is 0 Å². The van der Waals surface area contributed by atoms with Crippen LogP contribution in [0.1, 0.15) is 70.6 Å². The van der Waals surface area contributed by atoms with E-state index in [4.69, 9.17) is 10.5 Å². The third-order valence-corrected chi connectivity index (χ3v) is 7.12. The van der Waals surface area contributed by atoms with Crippen LogP contribution in [0.4, 0.5) is 0 Å². The van der Waals surface area contributed by atoms with E-state index in [1.807, 2.05) is 0 Å². The summed E-state index contributed by atoms with van der Waals surface area (Å²) in [5.41, 5.74) is 6.40. The van der Waals surface area contributed by atoms with Crippen LogP contribution in [0.25, 0.3) is 0 Å². The van der Waals surface area contributed by atoms with Crippen molar-refractivity contribution in [3.8, 4) is 0 Å². The standard InChI is InChI=1S/C21H39N3O2.2ClH/c22-16-20(7-3-1-4-8-20)15-19(25)23-17-21(9-5-2-6-10-21)18-24-11-13-26-14-12-24;;/h1-18,22H2,(H,23,25);2*1H.